The van der Waals surface area contributed by atoms with E-state index in [1.807, 2.05) is 20.8 Å². The first-order valence-corrected chi connectivity index (χ1v) is 9.49. The Morgan fingerprint density at radius 3 is 2.28 bits per heavy atom. The number of piperazine rings is 1. The SMILES string of the molecule is CN(CCN=C(N)N1CCN(C(=O)OC(C)(C)C)CC1)C1CCCC1. The fraction of sp³-hybridized carbons (Fsp3) is 0.889. The van der Waals surface area contributed by atoms with Gasteiger partial charge in [-0.2, -0.15) is 0 Å². The monoisotopic (exact) mass is 353 g/mol. The molecule has 1 aliphatic heterocycles. The van der Waals surface area contributed by atoms with E-state index >= 15 is 0 Å². The van der Waals surface area contributed by atoms with Crippen LogP contribution in [0, 0.1) is 0 Å². The third-order valence-corrected chi connectivity index (χ3v) is 4.93. The van der Waals surface area contributed by atoms with Crippen molar-refractivity contribution in [1.82, 2.24) is 14.7 Å². The van der Waals surface area contributed by atoms with Crippen LogP contribution in [0.4, 0.5) is 4.79 Å². The number of hydrogen-bond acceptors (Lipinski definition) is 4. The Kier molecular flexibility index (Phi) is 6.93. The molecule has 25 heavy (non-hydrogen) atoms. The summed E-state index contributed by atoms with van der Waals surface area (Å²) in [6.45, 7) is 9.96. The minimum Gasteiger partial charge on any atom is -0.444 e. The highest BCUT2D eigenvalue weighted by Gasteiger charge is 2.26. The van der Waals surface area contributed by atoms with Crippen LogP contribution in [0.3, 0.4) is 0 Å². The first kappa shape index (κ1) is 19.8. The number of rotatable bonds is 4. The van der Waals surface area contributed by atoms with Crippen molar-refractivity contribution < 1.29 is 9.53 Å². The second-order valence-electron chi connectivity index (χ2n) is 8.11. The van der Waals surface area contributed by atoms with Gasteiger partial charge in [-0.05, 0) is 40.7 Å². The average Bonchev–Trinajstić information content (AvgIpc) is 3.07. The Morgan fingerprint density at radius 1 is 1.16 bits per heavy atom. The van der Waals surface area contributed by atoms with Gasteiger partial charge in [-0.3, -0.25) is 4.99 Å². The Labute approximate surface area is 152 Å². The normalized spacial score (nSPS) is 20.4. The molecule has 2 aliphatic rings. The molecule has 1 saturated heterocycles. The molecule has 1 saturated carbocycles. The van der Waals surface area contributed by atoms with Crippen LogP contribution in [0.15, 0.2) is 4.99 Å². The fourth-order valence-electron chi connectivity index (χ4n) is 3.39. The number of carbonyl (C=O) groups excluding carboxylic acids is 1. The van der Waals surface area contributed by atoms with Crippen molar-refractivity contribution in [2.75, 3.05) is 46.3 Å². The fourth-order valence-corrected chi connectivity index (χ4v) is 3.39. The molecule has 0 bridgehead atoms. The number of likely N-dealkylation sites (N-methyl/N-ethyl adjacent to an activating group) is 1. The average molecular weight is 354 g/mol. The highest BCUT2D eigenvalue weighted by Crippen LogP contribution is 2.21. The van der Waals surface area contributed by atoms with Gasteiger partial charge >= 0.3 is 6.09 Å². The molecular weight excluding hydrogens is 318 g/mol. The van der Waals surface area contributed by atoms with Crippen molar-refractivity contribution in [2.45, 2.75) is 58.1 Å². The van der Waals surface area contributed by atoms with Crippen LogP contribution >= 0.6 is 0 Å². The Hall–Kier alpha value is -1.50. The van der Waals surface area contributed by atoms with Gasteiger partial charge in [0, 0.05) is 38.8 Å². The van der Waals surface area contributed by atoms with Crippen LogP contribution in [0.5, 0.6) is 0 Å². The van der Waals surface area contributed by atoms with Crippen molar-refractivity contribution in [3.05, 3.63) is 0 Å². The second-order valence-corrected chi connectivity index (χ2v) is 8.11. The molecule has 7 nitrogen and oxygen atoms in total. The number of nitrogens with zero attached hydrogens (tertiary/aromatic N) is 4. The minimum absolute atomic E-state index is 0.249. The highest BCUT2D eigenvalue weighted by molar-refractivity contribution is 5.78. The topological polar surface area (TPSA) is 74.4 Å². The molecule has 2 rings (SSSR count). The lowest BCUT2D eigenvalue weighted by Crippen LogP contribution is -2.53. The van der Waals surface area contributed by atoms with E-state index in [0.717, 1.165) is 13.1 Å². The predicted octanol–water partition coefficient (Wildman–Crippen LogP) is 1.73. The molecule has 0 aromatic rings. The molecule has 1 heterocycles. The molecule has 0 unspecified atom stereocenters. The van der Waals surface area contributed by atoms with E-state index in [1.54, 1.807) is 4.90 Å². The quantitative estimate of drug-likeness (QED) is 0.615. The highest BCUT2D eigenvalue weighted by atomic mass is 16.6. The number of amides is 1. The maximum absolute atomic E-state index is 12.1. The number of aliphatic imine (C=N–C) groups is 1. The zero-order chi connectivity index (χ0) is 18.4. The summed E-state index contributed by atoms with van der Waals surface area (Å²) in [5.74, 6) is 0.587. The van der Waals surface area contributed by atoms with Gasteiger partial charge < -0.3 is 25.2 Å². The number of carbonyl (C=O) groups is 1. The van der Waals surface area contributed by atoms with Gasteiger partial charge in [-0.25, -0.2) is 4.79 Å². The summed E-state index contributed by atoms with van der Waals surface area (Å²) in [5.41, 5.74) is 5.68. The van der Waals surface area contributed by atoms with Crippen molar-refractivity contribution in [2.24, 2.45) is 10.7 Å². The summed E-state index contributed by atoms with van der Waals surface area (Å²) in [4.78, 5) is 22.8. The number of hydrogen-bond donors (Lipinski definition) is 1. The zero-order valence-corrected chi connectivity index (χ0v) is 16.3. The van der Waals surface area contributed by atoms with Crippen molar-refractivity contribution in [3.8, 4) is 0 Å². The first-order valence-electron chi connectivity index (χ1n) is 9.49. The number of nitrogens with two attached hydrogens (primary N) is 1. The summed E-state index contributed by atoms with van der Waals surface area (Å²) < 4.78 is 5.41. The molecule has 0 aromatic carbocycles. The summed E-state index contributed by atoms with van der Waals surface area (Å²) in [7, 11) is 2.18. The molecule has 1 aliphatic carbocycles. The van der Waals surface area contributed by atoms with Crippen LogP contribution < -0.4 is 5.73 Å². The van der Waals surface area contributed by atoms with Crippen LogP contribution in [-0.4, -0.2) is 84.7 Å². The van der Waals surface area contributed by atoms with E-state index in [0.29, 0.717) is 38.2 Å². The molecule has 0 radical (unpaired) electrons. The van der Waals surface area contributed by atoms with Gasteiger partial charge in [-0.1, -0.05) is 12.8 Å². The lowest BCUT2D eigenvalue weighted by atomic mass is 10.2. The predicted molar refractivity (Wildman–Crippen MR) is 101 cm³/mol. The lowest BCUT2D eigenvalue weighted by molar-refractivity contribution is 0.0186. The minimum atomic E-state index is -0.458. The van der Waals surface area contributed by atoms with Crippen LogP contribution in [0.2, 0.25) is 0 Å². The molecule has 2 fully saturated rings. The molecule has 2 N–H and O–H groups in total. The second kappa shape index (κ2) is 8.74. The van der Waals surface area contributed by atoms with Gasteiger partial charge in [0.2, 0.25) is 0 Å². The van der Waals surface area contributed by atoms with Crippen molar-refractivity contribution in [1.29, 1.82) is 0 Å². The van der Waals surface area contributed by atoms with E-state index < -0.39 is 5.60 Å². The van der Waals surface area contributed by atoms with Crippen molar-refractivity contribution in [3.63, 3.8) is 0 Å². The maximum atomic E-state index is 12.1. The molecule has 144 valence electrons. The van der Waals surface area contributed by atoms with E-state index in [2.05, 4.69) is 21.8 Å². The van der Waals surface area contributed by atoms with Crippen molar-refractivity contribution >= 4 is 12.1 Å². The summed E-state index contributed by atoms with van der Waals surface area (Å²) >= 11 is 0. The van der Waals surface area contributed by atoms with E-state index in [-0.39, 0.29) is 6.09 Å². The summed E-state index contributed by atoms with van der Waals surface area (Å²) in [5, 5.41) is 0. The molecular formula is C18H35N5O2. The van der Waals surface area contributed by atoms with Gasteiger partial charge in [-0.15, -0.1) is 0 Å². The largest absolute Gasteiger partial charge is 0.444 e. The first-order chi connectivity index (χ1) is 11.8. The molecule has 0 spiro atoms. The van der Waals surface area contributed by atoms with Gasteiger partial charge in [0.25, 0.3) is 0 Å². The Morgan fingerprint density at radius 2 is 1.72 bits per heavy atom. The van der Waals surface area contributed by atoms with E-state index in [4.69, 9.17) is 10.5 Å². The summed E-state index contributed by atoms with van der Waals surface area (Å²) in [6.07, 6.45) is 5.07. The zero-order valence-electron chi connectivity index (χ0n) is 16.3. The van der Waals surface area contributed by atoms with Crippen LogP contribution in [0.25, 0.3) is 0 Å². The third kappa shape index (κ3) is 6.38. The summed E-state index contributed by atoms with van der Waals surface area (Å²) in [6, 6.07) is 0.716. The lowest BCUT2D eigenvalue weighted by Gasteiger charge is -2.36. The van der Waals surface area contributed by atoms with Crippen LogP contribution in [0.1, 0.15) is 46.5 Å². The standard InChI is InChI=1S/C18H35N5O2/c1-18(2,3)25-17(24)23-13-11-22(12-14-23)16(19)20-9-10-21(4)15-7-5-6-8-15/h15H,5-14H2,1-4H3,(H2,19,20). The van der Waals surface area contributed by atoms with Crippen LogP contribution in [-0.2, 0) is 4.74 Å². The van der Waals surface area contributed by atoms with Gasteiger partial charge in [0.1, 0.15) is 5.60 Å². The third-order valence-electron chi connectivity index (χ3n) is 4.93. The number of ether oxygens (including phenoxy) is 1. The van der Waals surface area contributed by atoms with E-state index in [1.165, 1.54) is 25.7 Å². The van der Waals surface area contributed by atoms with Gasteiger partial charge in [0.05, 0.1) is 6.54 Å². The smallest absolute Gasteiger partial charge is 0.410 e. The van der Waals surface area contributed by atoms with E-state index in [9.17, 15) is 4.79 Å². The molecule has 1 amide bonds. The molecule has 0 atom stereocenters. The Balaban J connectivity index is 1.71. The molecule has 7 heteroatoms. The molecule has 0 aromatic heterocycles. The maximum Gasteiger partial charge on any atom is 0.410 e. The Bertz CT molecular complexity index is 461. The number of guanidine groups is 1. The van der Waals surface area contributed by atoms with Gasteiger partial charge in [0.15, 0.2) is 5.96 Å².